The van der Waals surface area contributed by atoms with Crippen molar-refractivity contribution in [1.29, 1.82) is 0 Å². The summed E-state index contributed by atoms with van der Waals surface area (Å²) in [5, 5.41) is 18.9. The maximum Gasteiger partial charge on any atom is 0.335 e. The molecule has 115 heavy (non-hydrogen) atoms. The Labute approximate surface area is 646 Å². The molecule has 8 aromatic heterocycles. The summed E-state index contributed by atoms with van der Waals surface area (Å²) in [4.78, 5) is 44.5. The van der Waals surface area contributed by atoms with Gasteiger partial charge in [-0.3, -0.25) is 0 Å². The zero-order valence-electron chi connectivity index (χ0n) is 61.5. The van der Waals surface area contributed by atoms with Crippen LogP contribution in [-0.4, -0.2) is 65.9 Å². The summed E-state index contributed by atoms with van der Waals surface area (Å²) >= 11 is 0. The number of hydrogen-bond acceptors (Lipinski definition) is 7. The standard InChI is InChI=1S/C91H59F10N11O3/c1-41-35-43(3)70(44(4)36-41)75-62-28-23-57(104-62)72(47-7-9-50(10-8-47)91(113)114)58-24-29-63(105-58)76(71-45(5)37-42(2)38-46(71)6)65-31-26-60(107-65)73(59-25-30-64(75)106-59)48-11-15-52(16-12-48)112-39-51(110-111-112)40-115-53-17-13-49(14-18-53)74-56-21-19-54(102-56)55-20-22-66(103-55)77(79-81(92)85(96)89(100)86(97)82(79)93)68-33-34-69(109-68)78(67-32-27-61(74)108-67)80-83(94)87(98)90(101)88(99)84(80)95/h7-39,103-104,107-109H,40H2,1-6H3,(H,113,114). The van der Waals surface area contributed by atoms with Crippen LogP contribution in [0.25, 0.3) is 175 Å². The van der Waals surface area contributed by atoms with Crippen LogP contribution in [0.1, 0.15) is 83.6 Å². The van der Waals surface area contributed by atoms with Crippen molar-refractivity contribution in [2.45, 2.75) is 48.1 Å². The van der Waals surface area contributed by atoms with Crippen LogP contribution < -0.4 is 4.74 Å². The Kier molecular flexibility index (Phi) is 17.4. The largest absolute Gasteiger partial charge is 0.487 e. The highest BCUT2D eigenvalue weighted by atomic mass is 19.2. The summed E-state index contributed by atoms with van der Waals surface area (Å²) in [6.45, 7) is 12.5. The van der Waals surface area contributed by atoms with E-state index in [1.165, 1.54) is 24.3 Å². The van der Waals surface area contributed by atoms with Gasteiger partial charge in [-0.2, -0.15) is 0 Å². The first kappa shape index (κ1) is 72.1. The van der Waals surface area contributed by atoms with Gasteiger partial charge in [-0.1, -0.05) is 77.0 Å². The summed E-state index contributed by atoms with van der Waals surface area (Å²) in [6.07, 6.45) is 13.0. The number of hydrogen-bond donors (Lipinski definition) is 6. The third-order valence-electron chi connectivity index (χ3n) is 21.0. The molecule has 14 nitrogen and oxygen atoms in total. The zero-order valence-corrected chi connectivity index (χ0v) is 61.5. The Bertz CT molecular complexity index is 6980. The van der Waals surface area contributed by atoms with E-state index in [-0.39, 0.29) is 45.6 Å². The zero-order chi connectivity index (χ0) is 79.8. The van der Waals surface area contributed by atoms with Crippen LogP contribution in [0.4, 0.5) is 43.9 Å². The van der Waals surface area contributed by atoms with E-state index in [4.69, 9.17) is 19.7 Å². The van der Waals surface area contributed by atoms with Crippen molar-refractivity contribution in [3.63, 3.8) is 0 Å². The first-order chi connectivity index (χ1) is 55.4. The average Bonchev–Trinajstić information content (AvgIpc) is 1.60. The van der Waals surface area contributed by atoms with Gasteiger partial charge >= 0.3 is 5.97 Å². The number of aromatic carboxylic acids is 1. The van der Waals surface area contributed by atoms with E-state index in [0.717, 1.165) is 118 Å². The lowest BCUT2D eigenvalue weighted by Gasteiger charge is -2.13. The number of halogens is 10. The smallest absolute Gasteiger partial charge is 0.335 e. The van der Waals surface area contributed by atoms with E-state index >= 15 is 35.1 Å². The number of carboxylic acids is 1. The number of nitrogens with one attached hydrogen (secondary N) is 5. The lowest BCUT2D eigenvalue weighted by Crippen LogP contribution is -2.04. The number of nitrogens with zero attached hydrogens (tertiary/aromatic N) is 6. The molecule has 0 spiro atoms. The predicted octanol–water partition coefficient (Wildman–Crippen LogP) is 23.4. The van der Waals surface area contributed by atoms with Crippen LogP contribution in [0.5, 0.6) is 5.75 Å². The second-order valence-electron chi connectivity index (χ2n) is 28.5. The first-order valence-electron chi connectivity index (χ1n) is 36.2. The second-order valence-corrected chi connectivity index (χ2v) is 28.5. The predicted molar refractivity (Wildman–Crippen MR) is 426 cm³/mol. The molecular formula is C91H59F10N11O3. The molecule has 0 amide bonds. The minimum atomic E-state index is -2.45. The molecule has 15 aromatic rings. The van der Waals surface area contributed by atoms with Gasteiger partial charge in [0.15, 0.2) is 46.5 Å². The van der Waals surface area contributed by atoms with E-state index < -0.39 is 97.4 Å². The Morgan fingerprint density at radius 3 is 1.01 bits per heavy atom. The molecule has 566 valence electrons. The molecule has 7 aromatic carbocycles. The number of ether oxygens (including phenoxy) is 1. The molecule has 0 radical (unpaired) electrons. The van der Waals surface area contributed by atoms with Crippen LogP contribution in [0.2, 0.25) is 0 Å². The monoisotopic (exact) mass is 1540 g/mol. The molecule has 0 saturated heterocycles. The Hall–Kier alpha value is -14.4. The molecule has 6 N–H and O–H groups in total. The fourth-order valence-corrected chi connectivity index (χ4v) is 16.0. The molecule has 0 aliphatic carbocycles. The van der Waals surface area contributed by atoms with Crippen molar-refractivity contribution in [2.75, 3.05) is 0 Å². The van der Waals surface area contributed by atoms with Crippen LogP contribution in [0, 0.1) is 99.7 Å². The fourth-order valence-electron chi connectivity index (χ4n) is 16.0. The number of benzene rings is 7. The van der Waals surface area contributed by atoms with Crippen LogP contribution in [-0.2, 0) is 6.61 Å². The lowest BCUT2D eigenvalue weighted by atomic mass is 9.92. The van der Waals surface area contributed by atoms with Crippen molar-refractivity contribution in [2.24, 2.45) is 0 Å². The number of fused-ring (bicyclic) bond motifs is 17. The SMILES string of the molecule is Cc1cc(C)c(-c2c3nc(c(-c4ccc(-n5cc(COc6ccc(-c7c8nc(c9ccc([nH]9)c(-c9c(F)c(F)c(F)c(F)c9F)c9ccc([nH]9)c(-c9c(F)c(F)c(F)c(F)c9F)c9ccc7[nH]9)C=C8)cc6)nn5)cc4)c4ccc([nH]4)c(-c4c(C)cc(C)cc4C)c4nc(c(-c5ccc(C(=O)O)cc5)c5ccc2[nH]5)C=C4)C=C3)c(C)c1. The van der Waals surface area contributed by atoms with E-state index in [0.29, 0.717) is 45.3 Å². The fraction of sp³-hybridized carbons (Fsp3) is 0.0769. The molecule has 11 heterocycles. The van der Waals surface area contributed by atoms with Gasteiger partial charge in [0.2, 0.25) is 11.6 Å². The van der Waals surface area contributed by atoms with Gasteiger partial charge in [0, 0.05) is 88.6 Å². The molecule has 0 saturated carbocycles. The Balaban J connectivity index is 0.715. The molecular weight excluding hydrogens is 1490 g/mol. The molecule has 3 aliphatic heterocycles. The summed E-state index contributed by atoms with van der Waals surface area (Å²) < 4.78 is 162. The number of H-pyrrole nitrogens is 5. The molecule has 3 aliphatic rings. The van der Waals surface area contributed by atoms with Crippen molar-refractivity contribution in [3.05, 3.63) is 301 Å². The number of carbonyl (C=O) groups is 1. The number of carboxylic acid groups (broad SMARTS) is 1. The summed E-state index contributed by atoms with van der Waals surface area (Å²) in [7, 11) is 0. The van der Waals surface area contributed by atoms with Gasteiger partial charge in [-0.25, -0.2) is 68.3 Å². The second kappa shape index (κ2) is 27.8. The number of aromatic nitrogens is 11. The van der Waals surface area contributed by atoms with Crippen LogP contribution in [0.3, 0.4) is 0 Å². The molecule has 24 heteroatoms. The molecule has 0 atom stereocenters. The summed E-state index contributed by atoms with van der Waals surface area (Å²) in [5.74, 6) is -23.7. The molecule has 16 bridgehead atoms. The first-order valence-corrected chi connectivity index (χ1v) is 36.2. The lowest BCUT2D eigenvalue weighted by molar-refractivity contribution is 0.0696. The quantitative estimate of drug-likeness (QED) is 0.0395. The Morgan fingerprint density at radius 1 is 0.339 bits per heavy atom. The minimum Gasteiger partial charge on any atom is -0.487 e. The van der Waals surface area contributed by atoms with Crippen molar-refractivity contribution >= 4 is 97.6 Å². The molecule has 18 rings (SSSR count). The highest BCUT2D eigenvalue weighted by Crippen LogP contribution is 2.45. The van der Waals surface area contributed by atoms with Gasteiger partial charge in [0.25, 0.3) is 0 Å². The van der Waals surface area contributed by atoms with Crippen molar-refractivity contribution < 1.29 is 58.5 Å². The molecule has 0 fully saturated rings. The number of aromatic amines is 5. The normalized spacial score (nSPS) is 12.2. The van der Waals surface area contributed by atoms with E-state index in [9.17, 15) is 18.7 Å². The van der Waals surface area contributed by atoms with Crippen LogP contribution in [0.15, 0.2) is 164 Å². The van der Waals surface area contributed by atoms with Gasteiger partial charge in [0.1, 0.15) is 18.1 Å². The van der Waals surface area contributed by atoms with E-state index in [1.807, 2.05) is 66.8 Å². The summed E-state index contributed by atoms with van der Waals surface area (Å²) in [5.41, 5.74) is 16.9. The topological polar surface area (TPSA) is 195 Å². The maximum absolute atomic E-state index is 16.2. The van der Waals surface area contributed by atoms with Crippen molar-refractivity contribution in [1.82, 2.24) is 54.9 Å². The van der Waals surface area contributed by atoms with Crippen molar-refractivity contribution in [3.8, 4) is 89.3 Å². The van der Waals surface area contributed by atoms with E-state index in [1.54, 1.807) is 59.4 Å². The number of aryl methyl sites for hydroxylation is 6. The average molecular weight is 1540 g/mol. The maximum atomic E-state index is 16.2. The third-order valence-corrected chi connectivity index (χ3v) is 21.0. The highest BCUT2D eigenvalue weighted by molar-refractivity contribution is 6.04. The Morgan fingerprint density at radius 2 is 0.635 bits per heavy atom. The van der Waals surface area contributed by atoms with E-state index in [2.05, 4.69) is 119 Å². The van der Waals surface area contributed by atoms with Crippen LogP contribution >= 0.6 is 0 Å². The van der Waals surface area contributed by atoms with Gasteiger partial charge in [0.05, 0.1) is 68.3 Å². The minimum absolute atomic E-state index is 0.0490. The highest BCUT2D eigenvalue weighted by Gasteiger charge is 2.32. The van der Waals surface area contributed by atoms with Gasteiger partial charge in [-0.15, -0.1) is 5.10 Å². The van der Waals surface area contributed by atoms with Gasteiger partial charge < -0.3 is 34.8 Å². The third kappa shape index (κ3) is 12.3. The number of rotatable bonds is 12. The van der Waals surface area contributed by atoms with Gasteiger partial charge in [-0.05, 0) is 225 Å². The summed E-state index contributed by atoms with van der Waals surface area (Å²) in [6, 6.07) is 46.0. The molecule has 0 unspecified atom stereocenters.